The summed E-state index contributed by atoms with van der Waals surface area (Å²) >= 11 is 0. The van der Waals surface area contributed by atoms with Crippen LogP contribution in [-0.4, -0.2) is 5.78 Å². The molecule has 5 aliphatic carbocycles. The minimum absolute atomic E-state index is 0.0938. The van der Waals surface area contributed by atoms with E-state index in [2.05, 4.69) is 32.6 Å². The zero-order valence-electron chi connectivity index (χ0n) is 16.3. The average Bonchev–Trinajstić information content (AvgIpc) is 3.35. The second kappa shape index (κ2) is 5.12. The van der Waals surface area contributed by atoms with Gasteiger partial charge in [-0.25, -0.2) is 0 Å². The second-order valence-corrected chi connectivity index (χ2v) is 10.3. The van der Waals surface area contributed by atoms with Crippen LogP contribution >= 0.6 is 0 Å². The number of hydrogen-bond acceptors (Lipinski definition) is 2. The number of allylic oxidation sites excluding steroid dienone is 2. The molecule has 0 aliphatic heterocycles. The standard InChI is InChI=1S/C24H31NO/c1-4-24(14-25)15(2)11-20-19-13-23(9-10-23)21-12-16(26)5-6-18(21)17(19)7-8-22(20,24)3/h12,17-20H,2,4-11,13H2,1,3H3/t17-,18-,19-,20+,22+,24+/m1/s1. The summed E-state index contributed by atoms with van der Waals surface area (Å²) in [6.45, 7) is 9.02. The highest BCUT2D eigenvalue weighted by molar-refractivity contribution is 5.91. The van der Waals surface area contributed by atoms with Crippen LogP contribution in [-0.2, 0) is 4.79 Å². The fourth-order valence-corrected chi connectivity index (χ4v) is 8.13. The largest absolute Gasteiger partial charge is 0.295 e. The van der Waals surface area contributed by atoms with Crippen LogP contribution in [0.3, 0.4) is 0 Å². The molecule has 5 rings (SSSR count). The van der Waals surface area contributed by atoms with Crippen molar-refractivity contribution in [1.82, 2.24) is 0 Å². The van der Waals surface area contributed by atoms with Gasteiger partial charge in [-0.3, -0.25) is 4.79 Å². The monoisotopic (exact) mass is 349 g/mol. The number of fused-ring (bicyclic) bond motifs is 6. The van der Waals surface area contributed by atoms with Crippen LogP contribution in [0.15, 0.2) is 23.8 Å². The van der Waals surface area contributed by atoms with Crippen molar-refractivity contribution in [3.63, 3.8) is 0 Å². The van der Waals surface area contributed by atoms with Crippen molar-refractivity contribution in [3.05, 3.63) is 23.8 Å². The SMILES string of the molecule is C=C1C[C@H]2[C@@H]3CC4(CC4)C4=CC(=O)CC[C@@H]4[C@H]3CC[C@]2(C)[C@]1(C#N)CC. The van der Waals surface area contributed by atoms with Gasteiger partial charge in [-0.05, 0) is 91.9 Å². The third-order valence-corrected chi connectivity index (χ3v) is 9.68. The molecule has 2 nitrogen and oxygen atoms in total. The maximum atomic E-state index is 12.1. The molecule has 0 heterocycles. The number of carbonyl (C=O) groups is 1. The molecule has 1 spiro atoms. The van der Waals surface area contributed by atoms with Gasteiger partial charge in [0, 0.05) is 6.42 Å². The normalized spacial score (nSPS) is 48.3. The van der Waals surface area contributed by atoms with Gasteiger partial charge < -0.3 is 0 Å². The Hall–Kier alpha value is -1.36. The number of hydrogen-bond donors (Lipinski definition) is 0. The van der Waals surface area contributed by atoms with Crippen molar-refractivity contribution in [2.45, 2.75) is 71.6 Å². The molecule has 0 unspecified atom stereocenters. The summed E-state index contributed by atoms with van der Waals surface area (Å²) in [6, 6.07) is 2.75. The first-order chi connectivity index (χ1) is 12.4. The maximum absolute atomic E-state index is 12.1. The molecule has 138 valence electrons. The van der Waals surface area contributed by atoms with Gasteiger partial charge in [0.25, 0.3) is 0 Å². The summed E-state index contributed by atoms with van der Waals surface area (Å²) in [5.41, 5.74) is 2.87. The number of ketones is 1. The Bertz CT molecular complexity index is 766. The van der Waals surface area contributed by atoms with Gasteiger partial charge in [0.05, 0.1) is 11.5 Å². The van der Waals surface area contributed by atoms with E-state index in [1.54, 1.807) is 0 Å². The van der Waals surface area contributed by atoms with Gasteiger partial charge in [-0.1, -0.05) is 31.6 Å². The smallest absolute Gasteiger partial charge is 0.155 e. The first-order valence-corrected chi connectivity index (χ1v) is 10.8. The van der Waals surface area contributed by atoms with Crippen molar-refractivity contribution in [3.8, 4) is 6.07 Å². The molecule has 26 heavy (non-hydrogen) atoms. The molecule has 0 amide bonds. The predicted octanol–water partition coefficient (Wildman–Crippen LogP) is 5.60. The van der Waals surface area contributed by atoms with Crippen molar-refractivity contribution in [2.24, 2.45) is 39.9 Å². The Morgan fingerprint density at radius 2 is 2.04 bits per heavy atom. The summed E-state index contributed by atoms with van der Waals surface area (Å²) in [7, 11) is 0. The number of carbonyl (C=O) groups excluding carboxylic acids is 1. The van der Waals surface area contributed by atoms with Crippen LogP contribution in [0.1, 0.15) is 71.6 Å². The zero-order chi connectivity index (χ0) is 18.3. The van der Waals surface area contributed by atoms with Gasteiger partial charge in [-0.15, -0.1) is 0 Å². The van der Waals surface area contributed by atoms with E-state index in [9.17, 15) is 10.1 Å². The quantitative estimate of drug-likeness (QED) is 0.578. The van der Waals surface area contributed by atoms with E-state index in [0.717, 1.165) is 43.9 Å². The average molecular weight is 350 g/mol. The van der Waals surface area contributed by atoms with E-state index >= 15 is 0 Å². The first-order valence-electron chi connectivity index (χ1n) is 10.8. The van der Waals surface area contributed by atoms with Crippen LogP contribution < -0.4 is 0 Å². The molecule has 6 atom stereocenters. The van der Waals surface area contributed by atoms with E-state index in [0.29, 0.717) is 23.0 Å². The number of nitrogens with zero attached hydrogens (tertiary/aromatic N) is 1. The highest BCUT2D eigenvalue weighted by Gasteiger charge is 2.67. The van der Waals surface area contributed by atoms with Gasteiger partial charge in [-0.2, -0.15) is 5.26 Å². The first kappa shape index (κ1) is 16.8. The topological polar surface area (TPSA) is 40.9 Å². The Morgan fingerprint density at radius 1 is 1.27 bits per heavy atom. The molecule has 2 heteroatoms. The maximum Gasteiger partial charge on any atom is 0.155 e. The molecule has 0 radical (unpaired) electrons. The van der Waals surface area contributed by atoms with E-state index in [4.69, 9.17) is 0 Å². The van der Waals surface area contributed by atoms with Crippen molar-refractivity contribution in [2.75, 3.05) is 0 Å². The molecular weight excluding hydrogens is 318 g/mol. The van der Waals surface area contributed by atoms with Gasteiger partial charge in [0.15, 0.2) is 5.78 Å². The van der Waals surface area contributed by atoms with Crippen LogP contribution in [0.5, 0.6) is 0 Å². The lowest BCUT2D eigenvalue weighted by atomic mass is 9.46. The summed E-state index contributed by atoms with van der Waals surface area (Å²) in [5, 5.41) is 10.2. The molecule has 0 aromatic heterocycles. The van der Waals surface area contributed by atoms with Crippen molar-refractivity contribution < 1.29 is 4.79 Å². The molecule has 0 N–H and O–H groups in total. The highest BCUT2D eigenvalue weighted by atomic mass is 16.1. The molecule has 0 bridgehead atoms. The minimum Gasteiger partial charge on any atom is -0.295 e. The van der Waals surface area contributed by atoms with Crippen LogP contribution in [0.2, 0.25) is 0 Å². The van der Waals surface area contributed by atoms with Gasteiger partial charge in [0.1, 0.15) is 0 Å². The molecule has 0 saturated heterocycles. The van der Waals surface area contributed by atoms with E-state index in [1.165, 1.54) is 36.8 Å². The highest BCUT2D eigenvalue weighted by Crippen LogP contribution is 2.74. The lowest BCUT2D eigenvalue weighted by molar-refractivity contribution is -0.116. The Labute approximate surface area is 157 Å². The molecule has 4 saturated carbocycles. The molecular formula is C24H31NO. The van der Waals surface area contributed by atoms with Crippen LogP contribution in [0, 0.1) is 51.2 Å². The molecule has 5 aliphatic rings. The van der Waals surface area contributed by atoms with E-state index in [-0.39, 0.29) is 10.8 Å². The van der Waals surface area contributed by atoms with Gasteiger partial charge >= 0.3 is 0 Å². The lowest BCUT2D eigenvalue weighted by Gasteiger charge is -2.57. The van der Waals surface area contributed by atoms with Crippen molar-refractivity contribution in [1.29, 1.82) is 5.26 Å². The third-order valence-electron chi connectivity index (χ3n) is 9.68. The Morgan fingerprint density at radius 3 is 2.69 bits per heavy atom. The molecule has 0 aromatic carbocycles. The molecule has 0 aromatic rings. The third kappa shape index (κ3) is 1.81. The minimum atomic E-state index is -0.321. The summed E-state index contributed by atoms with van der Waals surface area (Å²) in [6.07, 6.45) is 12.1. The fraction of sp³-hybridized carbons (Fsp3) is 0.750. The lowest BCUT2D eigenvalue weighted by Crippen LogP contribution is -2.51. The number of nitriles is 1. The van der Waals surface area contributed by atoms with Crippen LogP contribution in [0.4, 0.5) is 0 Å². The van der Waals surface area contributed by atoms with E-state index in [1.807, 2.05) is 0 Å². The Kier molecular flexibility index (Phi) is 3.31. The summed E-state index contributed by atoms with van der Waals surface area (Å²) in [5.74, 6) is 3.09. The van der Waals surface area contributed by atoms with Crippen molar-refractivity contribution >= 4 is 5.78 Å². The summed E-state index contributed by atoms with van der Waals surface area (Å²) < 4.78 is 0. The second-order valence-electron chi connectivity index (χ2n) is 10.3. The summed E-state index contributed by atoms with van der Waals surface area (Å²) in [4.78, 5) is 12.1. The van der Waals surface area contributed by atoms with Gasteiger partial charge in [0.2, 0.25) is 0 Å². The number of rotatable bonds is 1. The Balaban J connectivity index is 1.57. The predicted molar refractivity (Wildman–Crippen MR) is 102 cm³/mol. The molecule has 4 fully saturated rings. The van der Waals surface area contributed by atoms with E-state index < -0.39 is 0 Å². The van der Waals surface area contributed by atoms with Crippen LogP contribution in [0.25, 0.3) is 0 Å². The fourth-order valence-electron chi connectivity index (χ4n) is 8.13. The zero-order valence-corrected chi connectivity index (χ0v) is 16.3.